The molecule has 1 saturated heterocycles. The monoisotopic (exact) mass is 466 g/mol. The summed E-state index contributed by atoms with van der Waals surface area (Å²) in [5, 5.41) is 15.4. The molecule has 1 fully saturated rings. The minimum Gasteiger partial charge on any atom is -0.368 e. The fraction of sp³-hybridized carbons (Fsp3) is 0.250. The normalized spacial score (nSPS) is 13.7. The van der Waals surface area contributed by atoms with E-state index in [9.17, 15) is 4.79 Å². The lowest BCUT2D eigenvalue weighted by molar-refractivity contribution is -0.116. The molecule has 0 saturated carbocycles. The van der Waals surface area contributed by atoms with Gasteiger partial charge < -0.3 is 20.4 Å². The maximum Gasteiger partial charge on any atom is 0.224 e. The van der Waals surface area contributed by atoms with Gasteiger partial charge >= 0.3 is 0 Å². The number of benzene rings is 3. The van der Waals surface area contributed by atoms with E-state index in [1.165, 1.54) is 5.56 Å². The summed E-state index contributed by atoms with van der Waals surface area (Å²) in [7, 11) is 0. The number of nitriles is 1. The molecule has 0 spiro atoms. The van der Waals surface area contributed by atoms with Crippen molar-refractivity contribution in [2.45, 2.75) is 19.3 Å². The Hall–Kier alpha value is -4.31. The van der Waals surface area contributed by atoms with Gasteiger partial charge in [0.25, 0.3) is 0 Å². The van der Waals surface area contributed by atoms with E-state index in [1.54, 1.807) is 0 Å². The molecule has 35 heavy (non-hydrogen) atoms. The molecule has 0 unspecified atom stereocenters. The van der Waals surface area contributed by atoms with Crippen LogP contribution in [0.4, 0.5) is 17.1 Å². The topological polar surface area (TPSA) is 83.8 Å². The van der Waals surface area contributed by atoms with Crippen LogP contribution in [0.5, 0.6) is 0 Å². The predicted molar refractivity (Wildman–Crippen MR) is 141 cm³/mol. The van der Waals surface area contributed by atoms with Gasteiger partial charge in [-0.05, 0) is 54.8 Å². The third-order valence-corrected chi connectivity index (χ3v) is 5.99. The molecular weight excluding hydrogens is 436 g/mol. The van der Waals surface area contributed by atoms with Crippen molar-refractivity contribution in [2.24, 2.45) is 4.99 Å². The number of para-hydroxylation sites is 1. The first-order chi connectivity index (χ1) is 17.2. The SMILES string of the molecule is N#C/N=C(/Nc1ccccc1)N1CCN(c2ccc(NC(=O)CCCc3ccccc3)cc2)CC1. The molecule has 1 aliphatic heterocycles. The van der Waals surface area contributed by atoms with Crippen LogP contribution in [0.15, 0.2) is 89.9 Å². The largest absolute Gasteiger partial charge is 0.368 e. The maximum absolute atomic E-state index is 12.3. The van der Waals surface area contributed by atoms with Crippen molar-refractivity contribution >= 4 is 28.9 Å². The summed E-state index contributed by atoms with van der Waals surface area (Å²) in [6, 6.07) is 28.0. The molecular formula is C28H30N6O. The number of hydrogen-bond donors (Lipinski definition) is 2. The number of hydrogen-bond acceptors (Lipinski definition) is 4. The minimum absolute atomic E-state index is 0.0394. The zero-order valence-electron chi connectivity index (χ0n) is 19.7. The smallest absolute Gasteiger partial charge is 0.224 e. The van der Waals surface area contributed by atoms with E-state index in [4.69, 9.17) is 5.26 Å². The molecule has 0 aromatic heterocycles. The van der Waals surface area contributed by atoms with Gasteiger partial charge in [0.15, 0.2) is 0 Å². The van der Waals surface area contributed by atoms with Crippen molar-refractivity contribution in [3.05, 3.63) is 90.5 Å². The number of nitrogens with one attached hydrogen (secondary N) is 2. The highest BCUT2D eigenvalue weighted by molar-refractivity contribution is 5.94. The molecule has 1 aliphatic rings. The average Bonchev–Trinajstić information content (AvgIpc) is 2.90. The highest BCUT2D eigenvalue weighted by Crippen LogP contribution is 2.20. The Morgan fingerprint density at radius 2 is 1.46 bits per heavy atom. The molecule has 0 radical (unpaired) electrons. The summed E-state index contributed by atoms with van der Waals surface area (Å²) in [6.07, 6.45) is 4.14. The molecule has 3 aromatic carbocycles. The van der Waals surface area contributed by atoms with Crippen molar-refractivity contribution in [3.63, 3.8) is 0 Å². The second kappa shape index (κ2) is 12.2. The molecule has 0 atom stereocenters. The number of guanidine groups is 1. The van der Waals surface area contributed by atoms with Gasteiger partial charge in [0.05, 0.1) is 0 Å². The first kappa shape index (κ1) is 23.8. The van der Waals surface area contributed by atoms with E-state index in [0.29, 0.717) is 12.4 Å². The quantitative estimate of drug-likeness (QED) is 0.299. The van der Waals surface area contributed by atoms with Crippen LogP contribution in [-0.4, -0.2) is 42.9 Å². The zero-order valence-corrected chi connectivity index (χ0v) is 19.7. The van der Waals surface area contributed by atoms with Gasteiger partial charge in [-0.1, -0.05) is 48.5 Å². The van der Waals surface area contributed by atoms with Crippen LogP contribution >= 0.6 is 0 Å². The van der Waals surface area contributed by atoms with Gasteiger partial charge in [-0.2, -0.15) is 5.26 Å². The fourth-order valence-electron chi connectivity index (χ4n) is 4.13. The van der Waals surface area contributed by atoms with Crippen LogP contribution in [0.25, 0.3) is 0 Å². The van der Waals surface area contributed by atoms with Crippen LogP contribution in [-0.2, 0) is 11.2 Å². The molecule has 1 amide bonds. The van der Waals surface area contributed by atoms with Gasteiger partial charge in [0.2, 0.25) is 18.1 Å². The zero-order chi connectivity index (χ0) is 24.3. The van der Waals surface area contributed by atoms with Crippen molar-refractivity contribution in [1.29, 1.82) is 5.26 Å². The molecule has 7 nitrogen and oxygen atoms in total. The van der Waals surface area contributed by atoms with Crippen molar-refractivity contribution in [2.75, 3.05) is 41.7 Å². The first-order valence-corrected chi connectivity index (χ1v) is 11.9. The van der Waals surface area contributed by atoms with Gasteiger partial charge in [0, 0.05) is 49.7 Å². The number of carbonyl (C=O) groups excluding carboxylic acids is 1. The third-order valence-electron chi connectivity index (χ3n) is 5.99. The predicted octanol–water partition coefficient (Wildman–Crippen LogP) is 4.72. The molecule has 0 aliphatic carbocycles. The van der Waals surface area contributed by atoms with E-state index in [2.05, 4.69) is 37.6 Å². The summed E-state index contributed by atoms with van der Waals surface area (Å²) < 4.78 is 0. The van der Waals surface area contributed by atoms with Crippen LogP contribution in [0.1, 0.15) is 18.4 Å². The van der Waals surface area contributed by atoms with Crippen LogP contribution < -0.4 is 15.5 Å². The number of piperazine rings is 1. The molecule has 3 aromatic rings. The summed E-state index contributed by atoms with van der Waals surface area (Å²) in [5.41, 5.74) is 4.09. The summed E-state index contributed by atoms with van der Waals surface area (Å²) in [6.45, 7) is 3.12. The van der Waals surface area contributed by atoms with Gasteiger partial charge in [0.1, 0.15) is 0 Å². The number of aryl methyl sites for hydroxylation is 1. The van der Waals surface area contributed by atoms with Crippen molar-refractivity contribution < 1.29 is 4.79 Å². The van der Waals surface area contributed by atoms with Crippen LogP contribution in [0, 0.1) is 11.5 Å². The Kier molecular flexibility index (Phi) is 8.33. The Labute approximate surface area is 206 Å². The number of anilines is 3. The first-order valence-electron chi connectivity index (χ1n) is 11.9. The highest BCUT2D eigenvalue weighted by Gasteiger charge is 2.20. The molecule has 4 rings (SSSR count). The number of aliphatic imine (C=N–C) groups is 1. The fourth-order valence-corrected chi connectivity index (χ4v) is 4.13. The Balaban J connectivity index is 1.24. The van der Waals surface area contributed by atoms with Crippen molar-refractivity contribution in [3.8, 4) is 6.19 Å². The van der Waals surface area contributed by atoms with E-state index in [1.807, 2.05) is 79.0 Å². The van der Waals surface area contributed by atoms with E-state index < -0.39 is 0 Å². The lowest BCUT2D eigenvalue weighted by atomic mass is 10.1. The van der Waals surface area contributed by atoms with E-state index in [-0.39, 0.29) is 5.91 Å². The lowest BCUT2D eigenvalue weighted by Gasteiger charge is -2.37. The second-order valence-electron chi connectivity index (χ2n) is 8.43. The lowest BCUT2D eigenvalue weighted by Crippen LogP contribution is -2.50. The number of amides is 1. The molecule has 0 bridgehead atoms. The summed E-state index contributed by atoms with van der Waals surface area (Å²) in [4.78, 5) is 20.7. The van der Waals surface area contributed by atoms with Crippen LogP contribution in [0.2, 0.25) is 0 Å². The van der Waals surface area contributed by atoms with Gasteiger partial charge in [-0.3, -0.25) is 4.79 Å². The molecule has 178 valence electrons. The maximum atomic E-state index is 12.3. The standard InChI is InChI=1S/C28H30N6O/c29-22-30-28(32-24-11-5-2-6-12-24)34-20-18-33(19-21-34)26-16-14-25(15-17-26)31-27(35)13-7-10-23-8-3-1-4-9-23/h1-6,8-9,11-12,14-17H,7,10,13,18-21H2,(H,30,32)(H,31,35). The molecule has 2 N–H and O–H groups in total. The number of nitrogens with zero attached hydrogens (tertiary/aromatic N) is 4. The molecule has 7 heteroatoms. The molecule has 1 heterocycles. The third kappa shape index (κ3) is 7.08. The summed E-state index contributed by atoms with van der Waals surface area (Å²) >= 11 is 0. The van der Waals surface area contributed by atoms with Gasteiger partial charge in [-0.25, -0.2) is 0 Å². The average molecular weight is 467 g/mol. The Morgan fingerprint density at radius 1 is 0.829 bits per heavy atom. The van der Waals surface area contributed by atoms with E-state index >= 15 is 0 Å². The van der Waals surface area contributed by atoms with Crippen LogP contribution in [0.3, 0.4) is 0 Å². The van der Waals surface area contributed by atoms with Gasteiger partial charge in [-0.15, -0.1) is 4.99 Å². The van der Waals surface area contributed by atoms with Crippen molar-refractivity contribution in [1.82, 2.24) is 4.90 Å². The Morgan fingerprint density at radius 3 is 2.11 bits per heavy atom. The number of carbonyl (C=O) groups is 1. The van der Waals surface area contributed by atoms with E-state index in [0.717, 1.165) is 56.1 Å². The Bertz CT molecular complexity index is 1150. The summed E-state index contributed by atoms with van der Waals surface area (Å²) in [5.74, 6) is 0.612. The highest BCUT2D eigenvalue weighted by atomic mass is 16.1. The second-order valence-corrected chi connectivity index (χ2v) is 8.43. The minimum atomic E-state index is 0.0394. The number of rotatable bonds is 7.